The van der Waals surface area contributed by atoms with Crippen molar-refractivity contribution in [3.63, 3.8) is 0 Å². The number of aldehydes is 1. The summed E-state index contributed by atoms with van der Waals surface area (Å²) in [5.74, 6) is 0. The molecule has 21 heavy (non-hydrogen) atoms. The van der Waals surface area contributed by atoms with Crippen LogP contribution in [0.25, 0.3) is 5.69 Å². The second-order valence-electron chi connectivity index (χ2n) is 4.11. The molecule has 0 amide bonds. The van der Waals surface area contributed by atoms with Gasteiger partial charge in [-0.2, -0.15) is 4.68 Å². The summed E-state index contributed by atoms with van der Waals surface area (Å²) in [4.78, 5) is 11.9. The molecule has 0 saturated carbocycles. The predicted octanol–water partition coefficient (Wildman–Crippen LogP) is 3.28. The van der Waals surface area contributed by atoms with Crippen molar-refractivity contribution in [2.24, 2.45) is 0 Å². The molecule has 2 aromatic carbocycles. The van der Waals surface area contributed by atoms with E-state index in [2.05, 4.69) is 15.5 Å². The average molecular weight is 317 g/mol. The summed E-state index contributed by atoms with van der Waals surface area (Å²) >= 11 is 7.20. The highest BCUT2D eigenvalue weighted by Crippen LogP contribution is 2.30. The Bertz CT molecular complexity index is 776. The number of halogens is 1. The normalized spacial score (nSPS) is 10.5. The van der Waals surface area contributed by atoms with E-state index in [1.54, 1.807) is 22.9 Å². The molecule has 1 aromatic heterocycles. The number of rotatable bonds is 4. The highest BCUT2D eigenvalue weighted by atomic mass is 35.5. The van der Waals surface area contributed by atoms with Gasteiger partial charge in [0.15, 0.2) is 6.29 Å². The zero-order valence-corrected chi connectivity index (χ0v) is 12.3. The number of carbonyl (C=O) groups is 1. The van der Waals surface area contributed by atoms with Crippen LogP contribution < -0.4 is 0 Å². The topological polar surface area (TPSA) is 60.7 Å². The summed E-state index contributed by atoms with van der Waals surface area (Å²) in [5, 5.41) is 12.8. The monoisotopic (exact) mass is 316 g/mol. The Morgan fingerprint density at radius 1 is 1.14 bits per heavy atom. The Balaban J connectivity index is 1.97. The third-order valence-electron chi connectivity index (χ3n) is 2.74. The fraction of sp³-hybridized carbons (Fsp3) is 0. The van der Waals surface area contributed by atoms with Crippen LogP contribution in [0.2, 0.25) is 5.02 Å². The van der Waals surface area contributed by atoms with Gasteiger partial charge in [0, 0.05) is 15.5 Å². The van der Waals surface area contributed by atoms with Crippen molar-refractivity contribution in [2.75, 3.05) is 0 Å². The van der Waals surface area contributed by atoms with Crippen molar-refractivity contribution in [1.82, 2.24) is 20.2 Å². The predicted molar refractivity (Wildman–Crippen MR) is 80.1 cm³/mol. The molecule has 0 N–H and O–H groups in total. The molecule has 3 aromatic rings. The van der Waals surface area contributed by atoms with E-state index in [-0.39, 0.29) is 0 Å². The summed E-state index contributed by atoms with van der Waals surface area (Å²) in [6.45, 7) is 0. The van der Waals surface area contributed by atoms with Crippen LogP contribution in [0.15, 0.2) is 58.6 Å². The molecule has 0 aliphatic heterocycles. The first-order valence-corrected chi connectivity index (χ1v) is 7.24. The van der Waals surface area contributed by atoms with Gasteiger partial charge >= 0.3 is 0 Å². The summed E-state index contributed by atoms with van der Waals surface area (Å²) < 4.78 is 1.62. The number of tetrazole rings is 1. The van der Waals surface area contributed by atoms with Crippen LogP contribution in [0.4, 0.5) is 0 Å². The molecule has 0 radical (unpaired) electrons. The first kappa shape index (κ1) is 13.8. The zero-order valence-electron chi connectivity index (χ0n) is 10.7. The number of para-hydroxylation sites is 1. The third kappa shape index (κ3) is 2.96. The molecule has 0 unspecified atom stereocenters. The molecule has 0 aliphatic rings. The SMILES string of the molecule is O=Cc1cc(Cl)ccc1Sc1nnnn1-c1ccccc1. The Kier molecular flexibility index (Phi) is 3.98. The van der Waals surface area contributed by atoms with Crippen molar-refractivity contribution in [2.45, 2.75) is 10.1 Å². The standard InChI is InChI=1S/C14H9ClN4OS/c15-11-6-7-13(10(8-11)9-20)21-14-16-17-18-19(14)12-4-2-1-3-5-12/h1-9H. The van der Waals surface area contributed by atoms with Gasteiger partial charge in [0.25, 0.3) is 0 Å². The van der Waals surface area contributed by atoms with E-state index in [9.17, 15) is 4.79 Å². The van der Waals surface area contributed by atoms with Gasteiger partial charge < -0.3 is 0 Å². The molecule has 5 nitrogen and oxygen atoms in total. The molecule has 104 valence electrons. The maximum Gasteiger partial charge on any atom is 0.218 e. The van der Waals surface area contributed by atoms with E-state index < -0.39 is 0 Å². The number of aromatic nitrogens is 4. The van der Waals surface area contributed by atoms with Crippen molar-refractivity contribution in [3.8, 4) is 5.69 Å². The van der Waals surface area contributed by atoms with E-state index in [0.717, 1.165) is 16.9 Å². The summed E-state index contributed by atoms with van der Waals surface area (Å²) in [6.07, 6.45) is 0.769. The van der Waals surface area contributed by atoms with Gasteiger partial charge in [-0.05, 0) is 52.5 Å². The second-order valence-corrected chi connectivity index (χ2v) is 5.56. The van der Waals surface area contributed by atoms with Crippen molar-refractivity contribution in [1.29, 1.82) is 0 Å². The minimum atomic E-state index is 0.509. The smallest absolute Gasteiger partial charge is 0.218 e. The molecule has 0 atom stereocenters. The first-order chi connectivity index (χ1) is 10.3. The van der Waals surface area contributed by atoms with Gasteiger partial charge in [0.1, 0.15) is 0 Å². The molecule has 1 heterocycles. The van der Waals surface area contributed by atoms with Crippen LogP contribution in [-0.4, -0.2) is 26.5 Å². The van der Waals surface area contributed by atoms with Crippen LogP contribution in [-0.2, 0) is 0 Å². The highest BCUT2D eigenvalue weighted by Gasteiger charge is 2.12. The average Bonchev–Trinajstić information content (AvgIpc) is 2.98. The molecule has 0 spiro atoms. The van der Waals surface area contributed by atoms with E-state index in [4.69, 9.17) is 11.6 Å². The largest absolute Gasteiger partial charge is 0.298 e. The van der Waals surface area contributed by atoms with Crippen LogP contribution in [0, 0.1) is 0 Å². The highest BCUT2D eigenvalue weighted by molar-refractivity contribution is 7.99. The quantitative estimate of drug-likeness (QED) is 0.691. The lowest BCUT2D eigenvalue weighted by Gasteiger charge is -2.06. The number of hydrogen-bond donors (Lipinski definition) is 0. The van der Waals surface area contributed by atoms with Crippen molar-refractivity contribution >= 4 is 29.6 Å². The Morgan fingerprint density at radius 3 is 2.71 bits per heavy atom. The van der Waals surface area contributed by atoms with E-state index in [0.29, 0.717) is 15.7 Å². The minimum absolute atomic E-state index is 0.509. The molecule has 7 heteroatoms. The fourth-order valence-corrected chi connectivity index (χ4v) is 2.82. The molecular formula is C14H9ClN4OS. The lowest BCUT2D eigenvalue weighted by atomic mass is 10.2. The van der Waals surface area contributed by atoms with Gasteiger partial charge in [0.05, 0.1) is 5.69 Å². The van der Waals surface area contributed by atoms with Gasteiger partial charge in [-0.25, -0.2) is 0 Å². The van der Waals surface area contributed by atoms with Gasteiger partial charge in [-0.1, -0.05) is 29.8 Å². The van der Waals surface area contributed by atoms with Crippen molar-refractivity contribution < 1.29 is 4.79 Å². The number of nitrogens with zero attached hydrogens (tertiary/aromatic N) is 4. The Labute approximate surface area is 129 Å². The molecule has 0 saturated heterocycles. The molecule has 3 rings (SSSR count). The number of hydrogen-bond acceptors (Lipinski definition) is 5. The minimum Gasteiger partial charge on any atom is -0.298 e. The lowest BCUT2D eigenvalue weighted by Crippen LogP contribution is -1.98. The van der Waals surface area contributed by atoms with Crippen LogP contribution >= 0.6 is 23.4 Å². The summed E-state index contributed by atoms with van der Waals surface area (Å²) in [6, 6.07) is 14.7. The fourth-order valence-electron chi connectivity index (χ4n) is 1.78. The second kappa shape index (κ2) is 6.07. The van der Waals surface area contributed by atoms with Crippen LogP contribution in [0.3, 0.4) is 0 Å². The molecule has 0 aliphatic carbocycles. The molecular weight excluding hydrogens is 308 g/mol. The maximum atomic E-state index is 11.1. The Hall–Kier alpha value is -2.18. The lowest BCUT2D eigenvalue weighted by molar-refractivity contribution is 0.112. The Morgan fingerprint density at radius 2 is 1.95 bits per heavy atom. The summed E-state index contributed by atoms with van der Waals surface area (Å²) in [7, 11) is 0. The molecule has 0 fully saturated rings. The third-order valence-corrected chi connectivity index (χ3v) is 4.01. The zero-order chi connectivity index (χ0) is 14.7. The summed E-state index contributed by atoms with van der Waals surface area (Å²) in [5.41, 5.74) is 1.36. The van der Waals surface area contributed by atoms with Gasteiger partial charge in [-0.15, -0.1) is 5.10 Å². The van der Waals surface area contributed by atoms with Gasteiger partial charge in [-0.3, -0.25) is 4.79 Å². The van der Waals surface area contributed by atoms with Gasteiger partial charge in [0.2, 0.25) is 5.16 Å². The number of carbonyl (C=O) groups excluding carboxylic acids is 1. The van der Waals surface area contributed by atoms with Crippen LogP contribution in [0.5, 0.6) is 0 Å². The van der Waals surface area contributed by atoms with E-state index in [1.807, 2.05) is 30.3 Å². The number of benzene rings is 2. The molecule has 0 bridgehead atoms. The van der Waals surface area contributed by atoms with Crippen LogP contribution in [0.1, 0.15) is 10.4 Å². The van der Waals surface area contributed by atoms with E-state index in [1.165, 1.54) is 11.8 Å². The first-order valence-electron chi connectivity index (χ1n) is 6.04. The van der Waals surface area contributed by atoms with E-state index >= 15 is 0 Å². The maximum absolute atomic E-state index is 11.1. The van der Waals surface area contributed by atoms with Crippen molar-refractivity contribution in [3.05, 3.63) is 59.1 Å².